The van der Waals surface area contributed by atoms with E-state index in [2.05, 4.69) is 30.8 Å². The number of hydrogen-bond acceptors (Lipinski definition) is 4. The summed E-state index contributed by atoms with van der Waals surface area (Å²) < 4.78 is 27.0. The van der Waals surface area contributed by atoms with E-state index in [1.807, 2.05) is 0 Å². The van der Waals surface area contributed by atoms with E-state index in [0.717, 1.165) is 0 Å². The van der Waals surface area contributed by atoms with Gasteiger partial charge in [0.2, 0.25) is 0 Å². The van der Waals surface area contributed by atoms with Crippen molar-refractivity contribution >= 4 is 48.8 Å². The Kier molecular flexibility index (Phi) is 3.88. The van der Waals surface area contributed by atoms with Crippen LogP contribution in [-0.4, -0.2) is 23.6 Å². The van der Waals surface area contributed by atoms with Crippen LogP contribution in [0, 0.1) is 0 Å². The second-order valence-corrected chi connectivity index (χ2v) is 6.57. The number of nitrogens with zero attached hydrogens (tertiary/aromatic N) is 1. The molecule has 0 fully saturated rings. The number of hydrogen-bond donors (Lipinski definition) is 3. The lowest BCUT2D eigenvalue weighted by atomic mass is 10.2. The topological polar surface area (TPSA) is 101 Å². The van der Waals surface area contributed by atoms with Crippen LogP contribution in [0.25, 0.3) is 0 Å². The van der Waals surface area contributed by atoms with Crippen molar-refractivity contribution in [2.75, 3.05) is 4.72 Å². The smallest absolute Gasteiger partial charge is 0.265 e. The molecular weight excluding hydrogens is 352 g/mol. The summed E-state index contributed by atoms with van der Waals surface area (Å²) in [6.07, 6.45) is 2.51. The van der Waals surface area contributed by atoms with Crippen LogP contribution in [0.1, 0.15) is 5.56 Å². The summed E-state index contributed by atoms with van der Waals surface area (Å²) in [6, 6.07) is 4.87. The van der Waals surface area contributed by atoms with Crippen LogP contribution in [0.4, 0.5) is 5.69 Å². The average Bonchev–Trinajstić information content (AvgIpc) is 2.85. The summed E-state index contributed by atoms with van der Waals surface area (Å²) in [7, 11) is -3.66. The van der Waals surface area contributed by atoms with Gasteiger partial charge in [0.15, 0.2) is 0 Å². The molecule has 0 unspecified atom stereocenters. The molecule has 2 rings (SSSR count). The molecule has 19 heavy (non-hydrogen) atoms. The van der Waals surface area contributed by atoms with Crippen LogP contribution in [-0.2, 0) is 10.0 Å². The highest BCUT2D eigenvalue weighted by Crippen LogP contribution is 2.26. The number of nitrogens with one attached hydrogen (secondary N) is 2. The average molecular weight is 361 g/mol. The zero-order valence-electron chi connectivity index (χ0n) is 9.42. The number of aromatic amines is 1. The summed E-state index contributed by atoms with van der Waals surface area (Å²) in [4.78, 5) is 0.294. The minimum atomic E-state index is -3.66. The third kappa shape index (κ3) is 3.11. The lowest BCUT2D eigenvalue weighted by Crippen LogP contribution is -2.13. The molecule has 0 atom stereocenters. The van der Waals surface area contributed by atoms with Gasteiger partial charge >= 0.3 is 0 Å². The van der Waals surface area contributed by atoms with E-state index in [-0.39, 0.29) is 9.88 Å². The van der Waals surface area contributed by atoms with Crippen molar-refractivity contribution in [1.29, 1.82) is 0 Å². The van der Waals surface area contributed by atoms with E-state index in [4.69, 9.17) is 18.0 Å². The number of nitrogens with two attached hydrogens (primary N) is 1. The van der Waals surface area contributed by atoms with Crippen LogP contribution in [0.15, 0.2) is 40.0 Å². The van der Waals surface area contributed by atoms with Gasteiger partial charge in [0.1, 0.15) is 9.88 Å². The van der Waals surface area contributed by atoms with Gasteiger partial charge in [-0.3, -0.25) is 9.82 Å². The van der Waals surface area contributed by atoms with E-state index in [1.165, 1.54) is 12.4 Å². The quantitative estimate of drug-likeness (QED) is 0.719. The first-order chi connectivity index (χ1) is 8.90. The van der Waals surface area contributed by atoms with Gasteiger partial charge in [0, 0.05) is 16.2 Å². The van der Waals surface area contributed by atoms with Gasteiger partial charge in [-0.2, -0.15) is 5.10 Å². The molecular formula is C10H9BrN4O2S2. The maximum atomic E-state index is 12.0. The van der Waals surface area contributed by atoms with E-state index in [0.29, 0.717) is 15.7 Å². The summed E-state index contributed by atoms with van der Waals surface area (Å²) in [5, 5.41) is 6.05. The van der Waals surface area contributed by atoms with Gasteiger partial charge in [0.05, 0.1) is 11.9 Å². The summed E-state index contributed by atoms with van der Waals surface area (Å²) in [6.45, 7) is 0. The lowest BCUT2D eigenvalue weighted by molar-refractivity contribution is 0.601. The van der Waals surface area contributed by atoms with Crippen molar-refractivity contribution in [3.63, 3.8) is 0 Å². The molecule has 0 amide bonds. The van der Waals surface area contributed by atoms with Gasteiger partial charge in [-0.05, 0) is 34.1 Å². The Labute approximate surface area is 123 Å². The molecule has 1 heterocycles. The fourth-order valence-corrected chi connectivity index (χ4v) is 3.06. The number of thiocarbonyl (C=S) groups is 1. The van der Waals surface area contributed by atoms with Crippen LogP contribution >= 0.6 is 28.1 Å². The Hall–Kier alpha value is -1.45. The van der Waals surface area contributed by atoms with Gasteiger partial charge < -0.3 is 5.73 Å². The Morgan fingerprint density at radius 2 is 2.21 bits per heavy atom. The highest BCUT2D eigenvalue weighted by molar-refractivity contribution is 9.10. The molecule has 2 aromatic rings. The van der Waals surface area contributed by atoms with Crippen LogP contribution in [0.5, 0.6) is 0 Å². The first kappa shape index (κ1) is 14.0. The SMILES string of the molecule is NC(=S)c1ccc(NS(=O)(=O)c2cn[nH]c2)c(Br)c1. The molecule has 4 N–H and O–H groups in total. The van der Waals surface area contributed by atoms with Crippen molar-refractivity contribution in [1.82, 2.24) is 10.2 Å². The highest BCUT2D eigenvalue weighted by atomic mass is 79.9. The molecule has 9 heteroatoms. The maximum absolute atomic E-state index is 12.0. The van der Waals surface area contributed by atoms with Crippen molar-refractivity contribution in [3.05, 3.63) is 40.6 Å². The Balaban J connectivity index is 2.32. The predicted molar refractivity (Wildman–Crippen MR) is 79.4 cm³/mol. The Morgan fingerprint density at radius 1 is 1.47 bits per heavy atom. The fraction of sp³-hybridized carbons (Fsp3) is 0. The van der Waals surface area contributed by atoms with E-state index >= 15 is 0 Å². The maximum Gasteiger partial charge on any atom is 0.265 e. The number of H-pyrrole nitrogens is 1. The standard InChI is InChI=1S/C10H9BrN4O2S2/c11-8-3-6(10(12)18)1-2-9(8)15-19(16,17)7-4-13-14-5-7/h1-5,15H,(H2,12,18)(H,13,14). The number of benzene rings is 1. The second-order valence-electron chi connectivity index (χ2n) is 3.60. The number of anilines is 1. The molecule has 0 aliphatic rings. The molecule has 0 aliphatic carbocycles. The van der Waals surface area contributed by atoms with E-state index in [9.17, 15) is 8.42 Å². The van der Waals surface area contributed by atoms with Crippen LogP contribution in [0.2, 0.25) is 0 Å². The van der Waals surface area contributed by atoms with Gasteiger partial charge in [-0.1, -0.05) is 12.2 Å². The molecule has 0 saturated heterocycles. The molecule has 0 bridgehead atoms. The molecule has 0 saturated carbocycles. The number of sulfonamides is 1. The largest absolute Gasteiger partial charge is 0.389 e. The summed E-state index contributed by atoms with van der Waals surface area (Å²) in [5.74, 6) is 0. The third-order valence-corrected chi connectivity index (χ3v) is 4.51. The summed E-state index contributed by atoms with van der Waals surface area (Å²) >= 11 is 8.11. The predicted octanol–water partition coefficient (Wildman–Crippen LogP) is 1.61. The van der Waals surface area contributed by atoms with Crippen molar-refractivity contribution in [2.24, 2.45) is 5.73 Å². The van der Waals surface area contributed by atoms with E-state index < -0.39 is 10.0 Å². The first-order valence-corrected chi connectivity index (χ1v) is 7.69. The third-order valence-electron chi connectivity index (χ3n) is 2.28. The lowest BCUT2D eigenvalue weighted by Gasteiger charge is -2.09. The number of halogens is 1. The number of rotatable bonds is 4. The second kappa shape index (κ2) is 5.27. The van der Waals surface area contributed by atoms with Gasteiger partial charge in [-0.15, -0.1) is 0 Å². The Bertz CT molecular complexity index is 713. The van der Waals surface area contributed by atoms with Crippen molar-refractivity contribution in [3.8, 4) is 0 Å². The van der Waals surface area contributed by atoms with Crippen LogP contribution < -0.4 is 10.5 Å². The van der Waals surface area contributed by atoms with Crippen molar-refractivity contribution in [2.45, 2.75) is 4.90 Å². The molecule has 1 aromatic heterocycles. The molecule has 6 nitrogen and oxygen atoms in total. The minimum Gasteiger partial charge on any atom is -0.389 e. The monoisotopic (exact) mass is 360 g/mol. The zero-order valence-corrected chi connectivity index (χ0v) is 12.6. The molecule has 0 radical (unpaired) electrons. The molecule has 0 spiro atoms. The molecule has 0 aliphatic heterocycles. The minimum absolute atomic E-state index is 0.0535. The molecule has 100 valence electrons. The van der Waals surface area contributed by atoms with Crippen molar-refractivity contribution < 1.29 is 8.42 Å². The normalized spacial score (nSPS) is 11.2. The van der Waals surface area contributed by atoms with E-state index in [1.54, 1.807) is 18.2 Å². The van der Waals surface area contributed by atoms with Crippen LogP contribution in [0.3, 0.4) is 0 Å². The molecule has 1 aromatic carbocycles. The first-order valence-electron chi connectivity index (χ1n) is 5.01. The zero-order chi connectivity index (χ0) is 14.0. The highest BCUT2D eigenvalue weighted by Gasteiger charge is 2.16. The van der Waals surface area contributed by atoms with Gasteiger partial charge in [0.25, 0.3) is 10.0 Å². The Morgan fingerprint density at radius 3 is 2.74 bits per heavy atom. The number of aromatic nitrogens is 2. The van der Waals surface area contributed by atoms with Gasteiger partial charge in [-0.25, -0.2) is 8.42 Å². The summed E-state index contributed by atoms with van der Waals surface area (Å²) in [5.41, 5.74) is 6.53. The fourth-order valence-electron chi connectivity index (χ4n) is 1.34.